The van der Waals surface area contributed by atoms with Crippen molar-refractivity contribution < 1.29 is 17.1 Å². The van der Waals surface area contributed by atoms with Gasteiger partial charge in [0.25, 0.3) is 0 Å². The van der Waals surface area contributed by atoms with Crippen LogP contribution >= 0.6 is 39.6 Å². The zero-order valence-corrected chi connectivity index (χ0v) is 17.4. The van der Waals surface area contributed by atoms with E-state index in [1.165, 1.54) is 0 Å². The van der Waals surface area contributed by atoms with Crippen LogP contribution in [0.4, 0.5) is 0 Å². The Morgan fingerprint density at radius 1 is 0.353 bits per heavy atom. The van der Waals surface area contributed by atoms with E-state index in [0.717, 1.165) is 0 Å². The topological polar surface area (TPSA) is 143 Å². The molecule has 0 saturated carbocycles. The van der Waals surface area contributed by atoms with Crippen LogP contribution in [0.1, 0.15) is 0 Å². The van der Waals surface area contributed by atoms with E-state index >= 15 is 0 Å². The Hall–Kier alpha value is -0.821. The van der Waals surface area contributed by atoms with Crippen LogP contribution in [0.3, 0.4) is 0 Å². The third kappa shape index (κ3) is 3920. The van der Waals surface area contributed by atoms with Crippen molar-refractivity contribution in [3.63, 3.8) is 0 Å². The van der Waals surface area contributed by atoms with Gasteiger partial charge in [-0.2, -0.15) is 19.8 Å². The van der Waals surface area contributed by atoms with Crippen molar-refractivity contribution in [2.24, 2.45) is 0 Å². The average molecular weight is 350 g/mol. The summed E-state index contributed by atoms with van der Waals surface area (Å²) < 4.78 is 0. The predicted octanol–water partition coefficient (Wildman–Crippen LogP) is 0.273. The number of hydrogen-bond acceptors (Lipinski definition) is 6. The molecule has 0 aliphatic carbocycles. The van der Waals surface area contributed by atoms with Crippen LogP contribution in [0, 0.1) is 71.0 Å². The molecular weight excluding hydrogens is 336 g/mol. The maximum Gasteiger partial charge on any atom is 4.00 e. The summed E-state index contributed by atoms with van der Waals surface area (Å²) >= 11 is 0. The molecule has 0 aliphatic heterocycles. The third-order valence-electron chi connectivity index (χ3n) is 0. The number of nitrogens with zero attached hydrogens (tertiary/aromatic N) is 6. The third-order valence-corrected chi connectivity index (χ3v) is 0. The van der Waals surface area contributed by atoms with Crippen LogP contribution < -0.4 is 0 Å². The molecule has 0 radical (unpaired) electrons. The van der Waals surface area contributed by atoms with E-state index in [-0.39, 0.29) is 56.7 Å². The predicted molar refractivity (Wildman–Crippen MR) is 77.0 cm³/mol. The average Bonchev–Trinajstić information content (AvgIpc) is 2.33. The van der Waals surface area contributed by atoms with Crippen LogP contribution in [-0.4, -0.2) is 0 Å². The SMILES string of the molecule is P.P.[C-]#N.[C-]#N.[C-]#N.[C-]#N.[C-]#N.[C-]#N.[Fe+4].[PH4+].[PH4+]. The second-order valence-corrected chi connectivity index (χ2v) is 0. The maximum absolute atomic E-state index is 6.25. The van der Waals surface area contributed by atoms with Gasteiger partial charge in [-0.05, 0) is 19.8 Å². The van der Waals surface area contributed by atoms with Gasteiger partial charge in [-0.1, -0.05) is 0 Å². The van der Waals surface area contributed by atoms with Crippen molar-refractivity contribution >= 4 is 39.6 Å². The van der Waals surface area contributed by atoms with E-state index in [4.69, 9.17) is 71.0 Å². The van der Waals surface area contributed by atoms with Crippen LogP contribution in [0.2, 0.25) is 0 Å². The molecule has 0 saturated heterocycles. The summed E-state index contributed by atoms with van der Waals surface area (Å²) in [4.78, 5) is 0. The minimum atomic E-state index is 0. The standard InChI is InChI=1S/6CN.Fe.4H3P/c6*1-2;;;;;/h;;;;;;;4*1H3/q6*-1;+4;;;;/p+2. The summed E-state index contributed by atoms with van der Waals surface area (Å²) in [6.45, 7) is 28.5. The molecule has 4 atom stereocenters. The Morgan fingerprint density at radius 2 is 0.353 bits per heavy atom. The van der Waals surface area contributed by atoms with Crippen molar-refractivity contribution in [1.82, 2.24) is 0 Å². The Bertz CT molecular complexity index is 106. The van der Waals surface area contributed by atoms with Crippen LogP contribution in [-0.2, 0) is 17.1 Å². The molecule has 0 aromatic heterocycles. The van der Waals surface area contributed by atoms with E-state index in [1.54, 1.807) is 0 Å². The first-order valence-electron chi connectivity index (χ1n) is 1.34. The van der Waals surface area contributed by atoms with Crippen molar-refractivity contribution in [3.05, 3.63) is 39.4 Å². The first-order chi connectivity index (χ1) is 6.00. The fourth-order valence-corrected chi connectivity index (χ4v) is 0. The van der Waals surface area contributed by atoms with E-state index in [2.05, 4.69) is 0 Å². The van der Waals surface area contributed by atoms with Crippen molar-refractivity contribution in [1.29, 1.82) is 31.6 Å². The van der Waals surface area contributed by atoms with Gasteiger partial charge in [-0.15, -0.1) is 0 Å². The van der Waals surface area contributed by atoms with E-state index in [0.29, 0.717) is 0 Å². The van der Waals surface area contributed by atoms with Crippen molar-refractivity contribution in [2.45, 2.75) is 0 Å². The summed E-state index contributed by atoms with van der Waals surface area (Å²) in [5, 5.41) is 37.5. The zero-order valence-electron chi connectivity index (χ0n) is 9.45. The Kier molecular flexibility index (Phi) is 37100. The van der Waals surface area contributed by atoms with Gasteiger partial charge in [0.1, 0.15) is 0 Å². The largest absolute Gasteiger partial charge is 4.00 e. The van der Waals surface area contributed by atoms with Crippen molar-refractivity contribution in [2.75, 3.05) is 0 Å². The van der Waals surface area contributed by atoms with E-state index < -0.39 is 0 Å². The summed E-state index contributed by atoms with van der Waals surface area (Å²) in [5.41, 5.74) is 0. The first-order valence-corrected chi connectivity index (χ1v) is 1.34. The molecule has 0 fully saturated rings. The van der Waals surface area contributed by atoms with Crippen LogP contribution in [0.15, 0.2) is 0 Å². The molecule has 0 bridgehead atoms. The van der Waals surface area contributed by atoms with Gasteiger partial charge in [-0.25, -0.2) is 0 Å². The maximum atomic E-state index is 6.25. The Labute approximate surface area is 128 Å². The Morgan fingerprint density at radius 3 is 0.353 bits per heavy atom. The van der Waals surface area contributed by atoms with Gasteiger partial charge in [0, 0.05) is 0 Å². The summed E-state index contributed by atoms with van der Waals surface area (Å²) in [5.74, 6) is 0. The molecule has 96 valence electrons. The van der Waals surface area contributed by atoms with E-state index in [1.807, 2.05) is 0 Å². The second-order valence-electron chi connectivity index (χ2n) is 0. The zero-order chi connectivity index (χ0) is 12.0. The number of rotatable bonds is 0. The molecule has 4 unspecified atom stereocenters. The van der Waals surface area contributed by atoms with Crippen molar-refractivity contribution in [3.8, 4) is 0 Å². The molecule has 6 nitrogen and oxygen atoms in total. The molecular formula is C6H14FeN6P4. The molecule has 0 aromatic carbocycles. The summed E-state index contributed by atoms with van der Waals surface area (Å²) in [6.07, 6.45) is 0. The molecule has 0 aliphatic rings. The van der Waals surface area contributed by atoms with Gasteiger partial charge in [0.2, 0.25) is 0 Å². The number of hydrogen-bond donors (Lipinski definition) is 0. The molecule has 0 N–H and O–H groups in total. The van der Waals surface area contributed by atoms with Gasteiger partial charge in [0.05, 0.1) is 0 Å². The summed E-state index contributed by atoms with van der Waals surface area (Å²) in [6, 6.07) is 0. The minimum absolute atomic E-state index is 0. The Balaban J connectivity index is -0.00000000267. The quantitative estimate of drug-likeness (QED) is 0.349. The second kappa shape index (κ2) is 4530. The molecule has 0 amide bonds. The normalized spacial score (nSPS) is 0.706. The van der Waals surface area contributed by atoms with Gasteiger partial charge in [-0.3, -0.25) is 0 Å². The van der Waals surface area contributed by atoms with E-state index in [9.17, 15) is 0 Å². The van der Waals surface area contributed by atoms with Gasteiger partial charge in [0.15, 0.2) is 0 Å². The molecule has 0 heterocycles. The fourth-order valence-electron chi connectivity index (χ4n) is 0. The molecule has 0 aromatic rings. The molecule has 17 heavy (non-hydrogen) atoms. The smallest absolute Gasteiger partial charge is 0.512 e. The molecule has 0 rings (SSSR count). The van der Waals surface area contributed by atoms with Crippen LogP contribution in [0.25, 0.3) is 0 Å². The minimum Gasteiger partial charge on any atom is -0.512 e. The first kappa shape index (κ1) is 139. The fraction of sp³-hybridized carbons (Fsp3) is 0. The molecule has 0 spiro atoms. The van der Waals surface area contributed by atoms with Gasteiger partial charge < -0.3 is 71.0 Å². The monoisotopic (exact) mass is 350 g/mol. The van der Waals surface area contributed by atoms with Crippen LogP contribution in [0.5, 0.6) is 0 Å². The summed E-state index contributed by atoms with van der Waals surface area (Å²) in [7, 11) is 0. The van der Waals surface area contributed by atoms with Gasteiger partial charge >= 0.3 is 17.1 Å². The molecule has 11 heteroatoms.